The van der Waals surface area contributed by atoms with Crippen LogP contribution in [0.2, 0.25) is 0 Å². The van der Waals surface area contributed by atoms with Crippen LogP contribution in [0.4, 0.5) is 0 Å². The summed E-state index contributed by atoms with van der Waals surface area (Å²) in [6, 6.07) is 3.93. The second kappa shape index (κ2) is 8.60. The van der Waals surface area contributed by atoms with E-state index in [1.807, 2.05) is 31.0 Å². The molecule has 0 fully saturated rings. The topological polar surface area (TPSA) is 58.1 Å². The Labute approximate surface area is 135 Å². The largest absolute Gasteiger partial charge is 0.355 e. The highest BCUT2D eigenvalue weighted by Gasteiger charge is 2.07. The zero-order valence-corrected chi connectivity index (χ0v) is 13.9. The number of carbonyl (C=O) groups excluding carboxylic acids is 1. The number of likely N-dealkylation sites (N-methyl/N-ethyl adjacent to an activating group) is 1. The van der Waals surface area contributed by atoms with Crippen molar-refractivity contribution in [3.8, 4) is 0 Å². The van der Waals surface area contributed by atoms with Gasteiger partial charge >= 0.3 is 0 Å². The van der Waals surface area contributed by atoms with Gasteiger partial charge in [0.05, 0.1) is 11.6 Å². The first-order chi connectivity index (χ1) is 10.6. The molecule has 0 saturated carbocycles. The maximum atomic E-state index is 11.9. The van der Waals surface area contributed by atoms with Gasteiger partial charge in [-0.3, -0.25) is 14.7 Å². The molecule has 5 nitrogen and oxygen atoms in total. The number of nitrogens with zero attached hydrogens (tertiary/aromatic N) is 3. The van der Waals surface area contributed by atoms with Crippen molar-refractivity contribution in [3.05, 3.63) is 46.2 Å². The third-order valence-corrected chi connectivity index (χ3v) is 4.20. The molecule has 6 heteroatoms. The van der Waals surface area contributed by atoms with E-state index in [2.05, 4.69) is 20.7 Å². The lowest BCUT2D eigenvalue weighted by atomic mass is 10.2. The predicted octanol–water partition coefficient (Wildman–Crippen LogP) is 2.03. The summed E-state index contributed by atoms with van der Waals surface area (Å²) in [5.74, 6) is 0.0619. The van der Waals surface area contributed by atoms with Gasteiger partial charge in [-0.2, -0.15) is 0 Å². The van der Waals surface area contributed by atoms with Crippen LogP contribution in [-0.4, -0.2) is 40.9 Å². The number of amides is 1. The Morgan fingerprint density at radius 2 is 2.14 bits per heavy atom. The Balaban J connectivity index is 1.61. The van der Waals surface area contributed by atoms with E-state index in [4.69, 9.17) is 0 Å². The summed E-state index contributed by atoms with van der Waals surface area (Å²) in [6.45, 7) is 3.84. The molecule has 0 aromatic carbocycles. The molecule has 1 amide bonds. The van der Waals surface area contributed by atoms with Crippen LogP contribution in [0, 0.1) is 6.92 Å². The minimum absolute atomic E-state index is 0.0619. The lowest BCUT2D eigenvalue weighted by Gasteiger charge is -2.16. The minimum Gasteiger partial charge on any atom is -0.355 e. The van der Waals surface area contributed by atoms with Gasteiger partial charge in [0.1, 0.15) is 0 Å². The summed E-state index contributed by atoms with van der Waals surface area (Å²) in [5, 5.41) is 6.16. The first-order valence-corrected chi connectivity index (χ1v) is 8.26. The van der Waals surface area contributed by atoms with E-state index in [-0.39, 0.29) is 5.91 Å². The molecule has 0 bridgehead atoms. The van der Waals surface area contributed by atoms with Crippen LogP contribution in [0.3, 0.4) is 0 Å². The Bertz CT molecular complexity index is 585. The summed E-state index contributed by atoms with van der Waals surface area (Å²) in [4.78, 5) is 22.3. The summed E-state index contributed by atoms with van der Waals surface area (Å²) >= 11 is 1.68. The number of rotatable bonds is 8. The van der Waals surface area contributed by atoms with Gasteiger partial charge in [0, 0.05) is 43.0 Å². The van der Waals surface area contributed by atoms with Crippen molar-refractivity contribution < 1.29 is 4.79 Å². The molecule has 1 N–H and O–H groups in total. The van der Waals surface area contributed by atoms with Crippen LogP contribution >= 0.6 is 11.3 Å². The molecule has 0 unspecified atom stereocenters. The quantitative estimate of drug-likeness (QED) is 0.757. The van der Waals surface area contributed by atoms with Gasteiger partial charge in [0.15, 0.2) is 0 Å². The first-order valence-electron chi connectivity index (χ1n) is 7.38. The smallest absolute Gasteiger partial charge is 0.234 e. The Kier molecular flexibility index (Phi) is 6.48. The highest BCUT2D eigenvalue weighted by Crippen LogP contribution is 2.10. The zero-order valence-electron chi connectivity index (χ0n) is 13.1. The number of aromatic nitrogens is 2. The molecule has 2 aromatic rings. The lowest BCUT2D eigenvalue weighted by molar-refractivity contribution is -0.122. The normalized spacial score (nSPS) is 10.9. The van der Waals surface area contributed by atoms with Gasteiger partial charge in [-0.15, -0.1) is 11.3 Å². The maximum absolute atomic E-state index is 11.9. The molecule has 0 saturated heterocycles. The van der Waals surface area contributed by atoms with Crippen molar-refractivity contribution >= 4 is 17.2 Å². The van der Waals surface area contributed by atoms with Gasteiger partial charge in [-0.25, -0.2) is 4.98 Å². The van der Waals surface area contributed by atoms with Crippen LogP contribution in [0.25, 0.3) is 0 Å². The predicted molar refractivity (Wildman–Crippen MR) is 88.8 cm³/mol. The van der Waals surface area contributed by atoms with Crippen molar-refractivity contribution in [1.29, 1.82) is 0 Å². The molecule has 2 rings (SSSR count). The molecule has 0 atom stereocenters. The van der Waals surface area contributed by atoms with Crippen molar-refractivity contribution in [1.82, 2.24) is 20.2 Å². The average molecular weight is 318 g/mol. The Hall–Kier alpha value is -1.79. The average Bonchev–Trinajstić information content (AvgIpc) is 2.90. The van der Waals surface area contributed by atoms with E-state index in [1.165, 1.54) is 0 Å². The van der Waals surface area contributed by atoms with Crippen molar-refractivity contribution in [2.45, 2.75) is 26.3 Å². The third-order valence-electron chi connectivity index (χ3n) is 3.17. The second-order valence-corrected chi connectivity index (χ2v) is 6.31. The van der Waals surface area contributed by atoms with Crippen molar-refractivity contribution in [2.24, 2.45) is 0 Å². The van der Waals surface area contributed by atoms with Crippen LogP contribution < -0.4 is 5.32 Å². The van der Waals surface area contributed by atoms with Crippen LogP contribution in [0.5, 0.6) is 0 Å². The number of aryl methyl sites for hydroxylation is 2. The monoisotopic (exact) mass is 318 g/mol. The number of carbonyl (C=O) groups is 1. The highest BCUT2D eigenvalue weighted by molar-refractivity contribution is 7.09. The molecule has 22 heavy (non-hydrogen) atoms. The molecule has 0 aliphatic rings. The van der Waals surface area contributed by atoms with Crippen LogP contribution in [0.15, 0.2) is 29.9 Å². The molecule has 2 aromatic heterocycles. The Morgan fingerprint density at radius 3 is 2.82 bits per heavy atom. The summed E-state index contributed by atoms with van der Waals surface area (Å²) in [6.07, 6.45) is 5.38. The SMILES string of the molecule is Cc1csc(CCCNC(=O)CN(C)Cc2ccncc2)n1. The van der Waals surface area contributed by atoms with E-state index in [0.717, 1.165) is 35.7 Å². The number of hydrogen-bond donors (Lipinski definition) is 1. The number of hydrogen-bond acceptors (Lipinski definition) is 5. The Morgan fingerprint density at radius 1 is 1.36 bits per heavy atom. The molecule has 0 radical (unpaired) electrons. The van der Waals surface area contributed by atoms with E-state index in [1.54, 1.807) is 23.7 Å². The number of pyridine rings is 1. The summed E-state index contributed by atoms with van der Waals surface area (Å²) in [5.41, 5.74) is 2.23. The molecular formula is C16H22N4OS. The maximum Gasteiger partial charge on any atom is 0.234 e. The number of nitrogens with one attached hydrogen (secondary N) is 1. The fraction of sp³-hybridized carbons (Fsp3) is 0.438. The van der Waals surface area contributed by atoms with Crippen molar-refractivity contribution in [2.75, 3.05) is 20.1 Å². The molecule has 0 aliphatic heterocycles. The molecular weight excluding hydrogens is 296 g/mol. The van der Waals surface area contributed by atoms with E-state index < -0.39 is 0 Å². The summed E-state index contributed by atoms with van der Waals surface area (Å²) in [7, 11) is 1.94. The standard InChI is InChI=1S/C16H22N4OS/c1-13-12-22-16(19-13)4-3-7-18-15(21)11-20(2)10-14-5-8-17-9-6-14/h5-6,8-9,12H,3-4,7,10-11H2,1-2H3,(H,18,21). The minimum atomic E-state index is 0.0619. The highest BCUT2D eigenvalue weighted by atomic mass is 32.1. The van der Waals surface area contributed by atoms with Crippen molar-refractivity contribution in [3.63, 3.8) is 0 Å². The number of thiazole rings is 1. The lowest BCUT2D eigenvalue weighted by Crippen LogP contribution is -2.35. The molecule has 0 spiro atoms. The van der Waals surface area contributed by atoms with Crippen LogP contribution in [0.1, 0.15) is 22.7 Å². The van der Waals surface area contributed by atoms with E-state index >= 15 is 0 Å². The third kappa shape index (κ3) is 5.91. The van der Waals surface area contributed by atoms with Crippen LogP contribution in [-0.2, 0) is 17.8 Å². The van der Waals surface area contributed by atoms with Gasteiger partial charge in [0.25, 0.3) is 0 Å². The first kappa shape index (κ1) is 16.6. The van der Waals surface area contributed by atoms with E-state index in [9.17, 15) is 4.79 Å². The molecule has 2 heterocycles. The van der Waals surface area contributed by atoms with Gasteiger partial charge in [0.2, 0.25) is 5.91 Å². The fourth-order valence-corrected chi connectivity index (χ4v) is 2.96. The van der Waals surface area contributed by atoms with Gasteiger partial charge < -0.3 is 5.32 Å². The molecule has 0 aliphatic carbocycles. The fourth-order valence-electron chi connectivity index (χ4n) is 2.14. The zero-order chi connectivity index (χ0) is 15.8. The summed E-state index contributed by atoms with van der Waals surface area (Å²) < 4.78 is 0. The van der Waals surface area contributed by atoms with Gasteiger partial charge in [-0.05, 0) is 38.1 Å². The second-order valence-electron chi connectivity index (χ2n) is 5.36. The van der Waals surface area contributed by atoms with E-state index in [0.29, 0.717) is 13.1 Å². The molecule has 118 valence electrons. The van der Waals surface area contributed by atoms with Gasteiger partial charge in [-0.1, -0.05) is 0 Å².